The third-order valence-corrected chi connectivity index (χ3v) is 2.44. The number of hydrogen-bond acceptors (Lipinski definition) is 2. The molecule has 19 heavy (non-hydrogen) atoms. The molecule has 0 aliphatic rings. The molecule has 2 rings (SSSR count). The van der Waals surface area contributed by atoms with Crippen LogP contribution in [0.25, 0.3) is 0 Å². The van der Waals surface area contributed by atoms with Gasteiger partial charge in [-0.15, -0.1) is 0 Å². The fourth-order valence-corrected chi connectivity index (χ4v) is 1.52. The minimum Gasteiger partial charge on any atom is -0.357 e. The van der Waals surface area contributed by atoms with Crippen LogP contribution in [0, 0.1) is 5.82 Å². The van der Waals surface area contributed by atoms with Crippen molar-refractivity contribution in [2.45, 2.75) is 0 Å². The minimum atomic E-state index is -0.340. The third kappa shape index (κ3) is 3.78. The summed E-state index contributed by atoms with van der Waals surface area (Å²) in [6.45, 7) is 0. The number of carbonyl (C=O) groups excluding carboxylic acids is 1. The molecule has 0 aliphatic carbocycles. The summed E-state index contributed by atoms with van der Waals surface area (Å²) >= 11 is 4.98. The van der Waals surface area contributed by atoms with Gasteiger partial charge in [0.15, 0.2) is 5.11 Å². The standard InChI is InChI=1S/C12H11FN4OS/c13-8-3-5-9(6-4-8)15-12(19)17-16-11(18)10-2-1-7-14-10/h1-7,14H,(H,16,18)(H2,15,17,19). The van der Waals surface area contributed by atoms with Crippen LogP contribution in [0.15, 0.2) is 42.6 Å². The van der Waals surface area contributed by atoms with E-state index in [1.807, 2.05) is 0 Å². The maximum atomic E-state index is 12.7. The molecule has 0 atom stereocenters. The number of halogens is 1. The van der Waals surface area contributed by atoms with Crippen molar-refractivity contribution in [3.8, 4) is 0 Å². The molecule has 1 heterocycles. The molecule has 0 bridgehead atoms. The van der Waals surface area contributed by atoms with Crippen molar-refractivity contribution in [3.63, 3.8) is 0 Å². The second-order valence-electron chi connectivity index (χ2n) is 3.62. The van der Waals surface area contributed by atoms with Crippen LogP contribution in [0.3, 0.4) is 0 Å². The molecule has 4 N–H and O–H groups in total. The molecule has 98 valence electrons. The summed E-state index contributed by atoms with van der Waals surface area (Å²) in [5.41, 5.74) is 5.99. The number of carbonyl (C=O) groups is 1. The molecule has 5 nitrogen and oxygen atoms in total. The van der Waals surface area contributed by atoms with Gasteiger partial charge in [-0.2, -0.15) is 0 Å². The first-order valence-corrected chi connectivity index (χ1v) is 5.82. The lowest BCUT2D eigenvalue weighted by atomic mass is 10.3. The Kier molecular flexibility index (Phi) is 4.09. The van der Waals surface area contributed by atoms with Gasteiger partial charge in [-0.25, -0.2) is 4.39 Å². The fourth-order valence-electron chi connectivity index (χ4n) is 1.35. The summed E-state index contributed by atoms with van der Waals surface area (Å²) in [7, 11) is 0. The van der Waals surface area contributed by atoms with Gasteiger partial charge in [-0.05, 0) is 48.6 Å². The summed E-state index contributed by atoms with van der Waals surface area (Å²) < 4.78 is 12.7. The van der Waals surface area contributed by atoms with Gasteiger partial charge in [0, 0.05) is 11.9 Å². The van der Waals surface area contributed by atoms with Gasteiger partial charge in [-0.1, -0.05) is 0 Å². The lowest BCUT2D eigenvalue weighted by molar-refractivity contribution is 0.0940. The van der Waals surface area contributed by atoms with Crippen molar-refractivity contribution >= 4 is 28.9 Å². The first-order valence-electron chi connectivity index (χ1n) is 5.41. The number of aromatic amines is 1. The van der Waals surface area contributed by atoms with Crippen LogP contribution in [0.5, 0.6) is 0 Å². The monoisotopic (exact) mass is 278 g/mol. The number of rotatable bonds is 2. The second kappa shape index (κ2) is 5.96. The molecule has 1 aromatic carbocycles. The second-order valence-corrected chi connectivity index (χ2v) is 4.03. The first kappa shape index (κ1) is 13.0. The topological polar surface area (TPSA) is 69.0 Å². The van der Waals surface area contributed by atoms with Crippen LogP contribution in [-0.2, 0) is 0 Å². The highest BCUT2D eigenvalue weighted by Crippen LogP contribution is 2.07. The number of thiocarbonyl (C=S) groups is 1. The Labute approximate surface area is 114 Å². The molecule has 1 aromatic heterocycles. The summed E-state index contributed by atoms with van der Waals surface area (Å²) in [6, 6.07) is 9.04. The number of anilines is 1. The highest BCUT2D eigenvalue weighted by Gasteiger charge is 2.05. The van der Waals surface area contributed by atoms with E-state index in [0.717, 1.165) is 0 Å². The van der Waals surface area contributed by atoms with Crippen molar-refractivity contribution in [2.75, 3.05) is 5.32 Å². The predicted octanol–water partition coefficient (Wildman–Crippen LogP) is 1.79. The van der Waals surface area contributed by atoms with Crippen LogP contribution in [0.2, 0.25) is 0 Å². The number of H-pyrrole nitrogens is 1. The van der Waals surface area contributed by atoms with E-state index < -0.39 is 0 Å². The molecule has 0 saturated carbocycles. The first-order chi connectivity index (χ1) is 9.15. The Hall–Kier alpha value is -2.41. The molecular weight excluding hydrogens is 267 g/mol. The van der Waals surface area contributed by atoms with Crippen LogP contribution in [-0.4, -0.2) is 16.0 Å². The minimum absolute atomic E-state index is 0.200. The largest absolute Gasteiger partial charge is 0.357 e. The van der Waals surface area contributed by atoms with Crippen molar-refractivity contribution < 1.29 is 9.18 Å². The van der Waals surface area contributed by atoms with Crippen molar-refractivity contribution in [3.05, 3.63) is 54.1 Å². The number of hydrogen-bond donors (Lipinski definition) is 4. The maximum absolute atomic E-state index is 12.7. The summed E-state index contributed by atoms with van der Waals surface area (Å²) in [6.07, 6.45) is 1.64. The van der Waals surface area contributed by atoms with Crippen molar-refractivity contribution in [1.29, 1.82) is 0 Å². The van der Waals surface area contributed by atoms with E-state index in [1.165, 1.54) is 24.3 Å². The molecule has 0 fully saturated rings. The number of aromatic nitrogens is 1. The Morgan fingerprint density at radius 3 is 2.53 bits per heavy atom. The van der Waals surface area contributed by atoms with Crippen LogP contribution < -0.4 is 16.2 Å². The number of hydrazine groups is 1. The predicted molar refractivity (Wildman–Crippen MR) is 74.0 cm³/mol. The summed E-state index contributed by atoms with van der Waals surface area (Å²) in [5, 5.41) is 3.00. The quantitative estimate of drug-likeness (QED) is 0.499. The average Bonchev–Trinajstić information content (AvgIpc) is 2.93. The fraction of sp³-hybridized carbons (Fsp3) is 0. The highest BCUT2D eigenvalue weighted by molar-refractivity contribution is 7.80. The Balaban J connectivity index is 1.82. The smallest absolute Gasteiger partial charge is 0.286 e. The Bertz CT molecular complexity index is 568. The van der Waals surface area contributed by atoms with E-state index in [2.05, 4.69) is 21.2 Å². The van der Waals surface area contributed by atoms with Gasteiger partial charge in [0.05, 0.1) is 0 Å². The van der Waals surface area contributed by atoms with Crippen LogP contribution in [0.1, 0.15) is 10.5 Å². The molecule has 2 aromatic rings. The van der Waals surface area contributed by atoms with E-state index >= 15 is 0 Å². The molecule has 1 amide bonds. The van der Waals surface area contributed by atoms with E-state index in [9.17, 15) is 9.18 Å². The van der Waals surface area contributed by atoms with Gasteiger partial charge >= 0.3 is 0 Å². The molecule has 0 aliphatic heterocycles. The maximum Gasteiger partial charge on any atom is 0.286 e. The van der Waals surface area contributed by atoms with E-state index in [4.69, 9.17) is 12.2 Å². The Morgan fingerprint density at radius 1 is 1.16 bits per heavy atom. The van der Waals surface area contributed by atoms with Crippen LogP contribution >= 0.6 is 12.2 Å². The van der Waals surface area contributed by atoms with Gasteiger partial charge < -0.3 is 10.3 Å². The normalized spacial score (nSPS) is 9.74. The van der Waals surface area contributed by atoms with E-state index in [1.54, 1.807) is 18.3 Å². The number of benzene rings is 1. The van der Waals surface area contributed by atoms with E-state index in [0.29, 0.717) is 11.4 Å². The number of nitrogens with one attached hydrogen (secondary N) is 4. The molecule has 0 spiro atoms. The summed E-state index contributed by atoms with van der Waals surface area (Å²) in [5.74, 6) is -0.669. The van der Waals surface area contributed by atoms with Gasteiger partial charge in [0.1, 0.15) is 11.5 Å². The lowest BCUT2D eigenvalue weighted by Crippen LogP contribution is -2.43. The zero-order valence-electron chi connectivity index (χ0n) is 9.74. The molecule has 0 unspecified atom stereocenters. The van der Waals surface area contributed by atoms with Crippen LogP contribution in [0.4, 0.5) is 10.1 Å². The highest BCUT2D eigenvalue weighted by atomic mass is 32.1. The third-order valence-electron chi connectivity index (χ3n) is 2.23. The molecule has 0 radical (unpaired) electrons. The molecular formula is C12H11FN4OS. The lowest BCUT2D eigenvalue weighted by Gasteiger charge is -2.10. The zero-order valence-corrected chi connectivity index (χ0v) is 10.6. The molecule has 7 heteroatoms. The van der Waals surface area contributed by atoms with Gasteiger partial charge in [-0.3, -0.25) is 15.6 Å². The van der Waals surface area contributed by atoms with E-state index in [-0.39, 0.29) is 16.8 Å². The molecule has 0 saturated heterocycles. The van der Waals surface area contributed by atoms with Gasteiger partial charge in [0.25, 0.3) is 5.91 Å². The SMILES string of the molecule is O=C(NNC(=S)Nc1ccc(F)cc1)c1ccc[nH]1. The van der Waals surface area contributed by atoms with Crippen molar-refractivity contribution in [2.24, 2.45) is 0 Å². The average molecular weight is 278 g/mol. The van der Waals surface area contributed by atoms with Crippen molar-refractivity contribution in [1.82, 2.24) is 15.8 Å². The summed E-state index contributed by atoms with van der Waals surface area (Å²) in [4.78, 5) is 14.3. The Morgan fingerprint density at radius 2 is 1.89 bits per heavy atom. The zero-order chi connectivity index (χ0) is 13.7. The van der Waals surface area contributed by atoms with Gasteiger partial charge in [0.2, 0.25) is 0 Å². The number of amides is 1.